The Labute approximate surface area is 541 Å². The third-order valence-corrected chi connectivity index (χ3v) is 6.55. The first-order valence-electron chi connectivity index (χ1n) is 19.2. The number of ether oxygens (including phenoxy) is 4. The van der Waals surface area contributed by atoms with Crippen LogP contribution < -0.4 is 39.4 Å². The number of methoxy groups -OCH3 is 4. The average Bonchev–Trinajstić information content (AvgIpc) is 3.29. The third-order valence-electron chi connectivity index (χ3n) is 6.55. The summed E-state index contributed by atoms with van der Waals surface area (Å²) in [4.78, 5) is 75.6. The number of rotatable bonds is 14. The molecule has 0 atom stereocenters. The van der Waals surface area contributed by atoms with Crippen LogP contribution in [0, 0.1) is 172 Å². The first kappa shape index (κ1) is 95.8. The minimum Gasteiger partial charge on any atom is -2.00 e. The van der Waals surface area contributed by atoms with Crippen LogP contribution in [-0.4, -0.2) is 116 Å². The number of Topliss-reactive ketones (excluding diaryl/α,β-unsaturated/α-hetero) is 1. The Morgan fingerprint density at radius 3 is 0.617 bits per heavy atom. The number of carbonyl (C=O) groups excluding carboxylic acids is 1. The van der Waals surface area contributed by atoms with Gasteiger partial charge in [-0.25, -0.2) is 0 Å². The van der Waals surface area contributed by atoms with Crippen LogP contribution >= 0.6 is 0 Å². The zero-order chi connectivity index (χ0) is 59.8. The summed E-state index contributed by atoms with van der Waals surface area (Å²) >= 11 is 0. The maximum absolute atomic E-state index is 11.9. The van der Waals surface area contributed by atoms with Crippen molar-refractivity contribution in [1.29, 1.82) is 0 Å². The zero-order valence-corrected chi connectivity index (χ0v) is 48.6. The summed E-state index contributed by atoms with van der Waals surface area (Å²) in [6, 6.07) is 20.1. The fraction of sp³-hybridized carbons (Fsp3) is 0.256. The van der Waals surface area contributed by atoms with E-state index in [4.69, 9.17) is 111 Å². The standard InChI is InChI=1S/2C18H20N2O4.C3H6O.2Fe.2Gd.6NO3.O/c2*1-23-15-7-3-5-13(17(15)21)11-19-9-10-20-12-14-6-4-8-16(24-2)18(14)22;1-3(2)4;;;;;6*2-1(3)4;/h2*3-8,11-12,21-22H,9-10H2,1-2H3;1-2H3;;;;;;;;;;;/q;;;4*+3;6*-1;-2/p-4. The van der Waals surface area contributed by atoms with Crippen LogP contribution in [0.15, 0.2) is 92.8 Å². The van der Waals surface area contributed by atoms with E-state index in [1.54, 1.807) is 72.8 Å². The molecule has 4 radical (unpaired) electrons. The molecular weight excluding hydrogens is 1480 g/mol. The summed E-state index contributed by atoms with van der Waals surface area (Å²) in [5.74, 6) is 0.547. The number of nitrogens with zero attached hydrogens (tertiary/aromatic N) is 10. The quantitative estimate of drug-likeness (QED) is 0.0571. The molecule has 4 aromatic rings. The molecule has 0 aliphatic heterocycles. The smallest absolute Gasteiger partial charge is 2.00 e. The number of hydrogen-bond donors (Lipinski definition) is 0. The second-order valence-corrected chi connectivity index (χ2v) is 11.9. The Morgan fingerprint density at radius 1 is 0.383 bits per heavy atom. The molecule has 0 amide bonds. The van der Waals surface area contributed by atoms with Gasteiger partial charge in [0, 0.05) is 24.9 Å². The van der Waals surface area contributed by atoms with Crippen molar-refractivity contribution in [3.8, 4) is 46.0 Å². The van der Waals surface area contributed by atoms with Crippen LogP contribution in [0.1, 0.15) is 36.1 Å². The molecule has 81 heavy (non-hydrogen) atoms. The van der Waals surface area contributed by atoms with Crippen molar-refractivity contribution in [2.75, 3.05) is 54.6 Å². The zero-order valence-electron chi connectivity index (χ0n) is 41.9. The Morgan fingerprint density at radius 2 is 0.506 bits per heavy atom. The molecule has 0 saturated carbocycles. The second kappa shape index (κ2) is 61.7. The van der Waals surface area contributed by atoms with Crippen LogP contribution in [-0.2, 0) is 44.4 Å². The first-order chi connectivity index (χ1) is 35.5. The van der Waals surface area contributed by atoms with Gasteiger partial charge >= 0.3 is 114 Å². The first-order valence-corrected chi connectivity index (χ1v) is 19.2. The van der Waals surface area contributed by atoms with E-state index in [0.29, 0.717) is 48.4 Å². The van der Waals surface area contributed by atoms with Gasteiger partial charge in [0.1, 0.15) is 28.8 Å². The minimum absolute atomic E-state index is 0. The molecule has 0 bridgehead atoms. The van der Waals surface area contributed by atoms with E-state index < -0.39 is 30.5 Å². The molecule has 0 aliphatic carbocycles. The van der Waals surface area contributed by atoms with Gasteiger partial charge in [0.05, 0.1) is 85.1 Å². The van der Waals surface area contributed by atoms with E-state index in [9.17, 15) is 25.2 Å². The molecule has 0 N–H and O–H groups in total. The number of ketones is 1. The van der Waals surface area contributed by atoms with Gasteiger partial charge < -0.3 is 142 Å². The van der Waals surface area contributed by atoms with Gasteiger partial charge in [-0.2, -0.15) is 0 Å². The number of carbonyl (C=O) groups is 1. The van der Waals surface area contributed by atoms with Gasteiger partial charge in [0.2, 0.25) is 0 Å². The molecule has 0 aromatic heterocycles. The van der Waals surface area contributed by atoms with Crippen LogP contribution in [0.5, 0.6) is 46.0 Å². The van der Waals surface area contributed by atoms with E-state index in [2.05, 4.69) is 20.0 Å². The Kier molecular flexibility index (Phi) is 73.0. The minimum atomic E-state index is -1.75. The fourth-order valence-electron chi connectivity index (χ4n) is 4.06. The van der Waals surface area contributed by atoms with Crippen molar-refractivity contribution < 1.29 is 194 Å². The normalized spacial score (nSPS) is 8.77. The van der Waals surface area contributed by atoms with Crippen LogP contribution in [0.4, 0.5) is 0 Å². The molecule has 0 aliphatic rings. The third kappa shape index (κ3) is 64.9. The number of aliphatic imine (C=N–C) groups is 4. The van der Waals surface area contributed by atoms with Crippen LogP contribution in [0.25, 0.3) is 0 Å². The summed E-state index contributed by atoms with van der Waals surface area (Å²) in [6.07, 6.45) is 6.02. The van der Waals surface area contributed by atoms with Gasteiger partial charge in [-0.3, -0.25) is 20.0 Å². The number of benzene rings is 4. The monoisotopic (exact) mass is 1530 g/mol. The van der Waals surface area contributed by atoms with Crippen molar-refractivity contribution in [2.45, 2.75) is 13.8 Å². The predicted octanol–water partition coefficient (Wildman–Crippen LogP) is 1.81. The van der Waals surface area contributed by atoms with E-state index in [1.165, 1.54) is 67.1 Å². The maximum atomic E-state index is 11.9. The molecule has 4 aromatic carbocycles. The SMILES string of the molecule is CC(C)=O.COc1cccc(C=NCCN=Cc2cccc(OC)c2[O-])c1[O-].COc1cccc(C=NCCN=Cc2cccc(OC)c2[O-])c1[O-].O=[N+]([O-])[O-].O=[N+]([O-])[O-].O=[N+]([O-])[O-].O=[N+]([O-])[O-].O=[N+]([O-])[O-].O=[N+]([O-])[O-].[Fe+3].[Fe+3].[Gd+3].[Gd+3].[O-2]. The summed E-state index contributed by atoms with van der Waals surface area (Å²) in [7, 11) is 5.81. The molecule has 0 heterocycles. The summed E-state index contributed by atoms with van der Waals surface area (Å²) in [5.41, 5.74) is 1.86. The largest absolute Gasteiger partial charge is 3.00 e. The van der Waals surface area contributed by atoms with Crippen LogP contribution in [0.3, 0.4) is 0 Å². The second-order valence-electron chi connectivity index (χ2n) is 11.9. The fourth-order valence-corrected chi connectivity index (χ4v) is 4.06. The van der Waals surface area contributed by atoms with E-state index in [1.807, 2.05) is 0 Å². The number of para-hydroxylation sites is 4. The van der Waals surface area contributed by atoms with E-state index in [-0.39, 0.29) is 171 Å². The van der Waals surface area contributed by atoms with Gasteiger partial charge in [-0.1, -0.05) is 71.5 Å². The average molecular weight is 1520 g/mol. The molecule has 42 heteroatoms. The molecule has 0 fully saturated rings. The summed E-state index contributed by atoms with van der Waals surface area (Å²) in [5, 5.41) is 136. The molecule has 0 saturated heterocycles. The van der Waals surface area contributed by atoms with Crippen LogP contribution in [0.2, 0.25) is 0 Å². The predicted molar refractivity (Wildman–Crippen MR) is 259 cm³/mol. The molecule has 448 valence electrons. The van der Waals surface area contributed by atoms with Crippen molar-refractivity contribution in [3.63, 3.8) is 0 Å². The van der Waals surface area contributed by atoms with Crippen molar-refractivity contribution in [2.24, 2.45) is 20.0 Å². The molecule has 4 rings (SSSR count). The Balaban J connectivity index is -0.000000102. The summed E-state index contributed by atoms with van der Waals surface area (Å²) < 4.78 is 19.9. The Hall–Kier alpha value is -7.52. The van der Waals surface area contributed by atoms with Crippen molar-refractivity contribution in [1.82, 2.24) is 0 Å². The molecule has 0 unspecified atom stereocenters. The van der Waals surface area contributed by atoms with E-state index in [0.717, 1.165) is 0 Å². The van der Waals surface area contributed by atoms with Gasteiger partial charge in [-0.05, 0) is 60.4 Å². The molecular formula is C39H42Fe2Gd2N10O28. The molecule has 38 nitrogen and oxygen atoms in total. The van der Waals surface area contributed by atoms with E-state index >= 15 is 0 Å². The van der Waals surface area contributed by atoms with Gasteiger partial charge in [0.15, 0.2) is 0 Å². The van der Waals surface area contributed by atoms with Crippen molar-refractivity contribution >= 4 is 30.6 Å². The summed E-state index contributed by atoms with van der Waals surface area (Å²) in [6.45, 7) is 4.69. The van der Waals surface area contributed by atoms with Gasteiger partial charge in [-0.15, -0.1) is 0 Å². The van der Waals surface area contributed by atoms with Crippen molar-refractivity contribution in [3.05, 3.63) is 187 Å². The topological polar surface area (TPSA) is 621 Å². The van der Waals surface area contributed by atoms with Gasteiger partial charge in [0.25, 0.3) is 0 Å². The Bertz CT molecular complexity index is 2120. The number of hydrogen-bond acceptors (Lipinski definition) is 31. The maximum Gasteiger partial charge on any atom is 3.00 e. The molecule has 0 spiro atoms.